The van der Waals surface area contributed by atoms with Crippen molar-refractivity contribution in [2.45, 2.75) is 57.1 Å². The number of hydrogen-bond donors (Lipinski definition) is 5. The Morgan fingerprint density at radius 3 is 1.98 bits per heavy atom. The van der Waals surface area contributed by atoms with Gasteiger partial charge >= 0.3 is 6.09 Å². The number of alkyl carbamates (subject to hydrolysis) is 1. The van der Waals surface area contributed by atoms with Crippen molar-refractivity contribution in [3.8, 4) is 0 Å². The van der Waals surface area contributed by atoms with Gasteiger partial charge in [-0.15, -0.1) is 0 Å². The molecule has 4 atom stereocenters. The molecule has 0 radical (unpaired) electrons. The normalized spacial score (nSPS) is 13.3. The fraction of sp³-hybridized carbons (Fsp3) is 0.250. The van der Waals surface area contributed by atoms with Crippen LogP contribution < -0.4 is 16.0 Å². The topological polar surface area (TPSA) is 153 Å². The maximum Gasteiger partial charge on any atom is 0.408 e. The maximum atomic E-state index is 14.1. The molecule has 264 valence electrons. The van der Waals surface area contributed by atoms with Crippen molar-refractivity contribution in [2.24, 2.45) is 0 Å². The van der Waals surface area contributed by atoms with Crippen LogP contribution in [0.2, 0.25) is 0 Å². The highest BCUT2D eigenvalue weighted by molar-refractivity contribution is 5.93. The first kappa shape index (κ1) is 36.3. The fourth-order valence-corrected chi connectivity index (χ4v) is 5.76. The van der Waals surface area contributed by atoms with E-state index in [1.54, 1.807) is 13.2 Å². The fourth-order valence-electron chi connectivity index (χ4n) is 5.76. The van der Waals surface area contributed by atoms with Crippen LogP contribution in [0.3, 0.4) is 0 Å². The van der Waals surface area contributed by atoms with Gasteiger partial charge in [-0.2, -0.15) is 0 Å². The van der Waals surface area contributed by atoms with Gasteiger partial charge in [0.25, 0.3) is 5.91 Å². The molecule has 5 aromatic rings. The number of nitrogens with one attached hydrogen (secondary N) is 4. The van der Waals surface area contributed by atoms with Crippen LogP contribution in [-0.2, 0) is 45.1 Å². The summed E-state index contributed by atoms with van der Waals surface area (Å²) in [7, 11) is 1.60. The molecule has 11 nitrogen and oxygen atoms in total. The van der Waals surface area contributed by atoms with E-state index in [-0.39, 0.29) is 26.0 Å². The molecule has 0 aliphatic carbocycles. The molecule has 4 aromatic carbocycles. The molecule has 0 aliphatic rings. The molecular weight excluding hydrogens is 646 g/mol. The molecule has 0 spiro atoms. The number of fused-ring (bicyclic) bond motifs is 1. The molecule has 0 saturated heterocycles. The lowest BCUT2D eigenvalue weighted by atomic mass is 9.98. The number of benzene rings is 4. The first-order chi connectivity index (χ1) is 24.7. The lowest BCUT2D eigenvalue weighted by molar-refractivity contribution is -0.142. The summed E-state index contributed by atoms with van der Waals surface area (Å²) in [5, 5.41) is 20.5. The molecule has 0 bridgehead atoms. The van der Waals surface area contributed by atoms with Crippen molar-refractivity contribution in [1.29, 1.82) is 0 Å². The zero-order valence-electron chi connectivity index (χ0n) is 28.6. The van der Waals surface area contributed by atoms with Gasteiger partial charge in [0.15, 0.2) is 6.10 Å². The van der Waals surface area contributed by atoms with E-state index in [2.05, 4.69) is 20.9 Å². The first-order valence-corrected chi connectivity index (χ1v) is 16.8. The molecule has 0 fully saturated rings. The van der Waals surface area contributed by atoms with Crippen molar-refractivity contribution in [1.82, 2.24) is 25.8 Å². The van der Waals surface area contributed by atoms with Gasteiger partial charge in [0.05, 0.1) is 6.04 Å². The number of carbonyl (C=O) groups excluding carboxylic acids is 4. The summed E-state index contributed by atoms with van der Waals surface area (Å²) in [6.07, 6.45) is -0.367. The third kappa shape index (κ3) is 10.3. The van der Waals surface area contributed by atoms with Crippen LogP contribution in [0.4, 0.5) is 4.79 Å². The minimum atomic E-state index is -1.59. The maximum absolute atomic E-state index is 14.1. The number of ether oxygens (including phenoxy) is 1. The number of rotatable bonds is 15. The second kappa shape index (κ2) is 17.6. The summed E-state index contributed by atoms with van der Waals surface area (Å²) in [5.74, 6) is -1.79. The van der Waals surface area contributed by atoms with Gasteiger partial charge in [-0.25, -0.2) is 4.79 Å². The Morgan fingerprint density at radius 1 is 0.725 bits per heavy atom. The molecule has 11 heteroatoms. The molecule has 4 amide bonds. The standard InChI is InChI=1S/C40H43N5O6/c1-27(42-40(50)51-26-30-18-10-5-11-19-30)37(47)44-35(23-31-24-41-33-21-13-12-20-32(31)33)38(48)43-34(22-28-14-6-3-7-15-28)36(46)39(49)45(2)25-29-16-8-4-9-17-29/h3-21,24,27,34-36,41,46H,22-23,25-26H2,1-2H3,(H,42,50)(H,43,48)(H,44,47)/t27-,34?,35-,36-/m0/s1. The smallest absolute Gasteiger partial charge is 0.408 e. The monoisotopic (exact) mass is 689 g/mol. The molecule has 51 heavy (non-hydrogen) atoms. The zero-order valence-corrected chi connectivity index (χ0v) is 28.6. The number of amides is 4. The summed E-state index contributed by atoms with van der Waals surface area (Å²) in [6, 6.07) is 32.1. The van der Waals surface area contributed by atoms with Crippen LogP contribution in [0.5, 0.6) is 0 Å². The molecule has 0 saturated carbocycles. The SMILES string of the molecule is C[C@H](NC(=O)OCc1ccccc1)C(=O)N[C@@H](Cc1c[nH]c2ccccc12)C(=O)NC(Cc1ccccc1)[C@H](O)C(=O)N(C)Cc1ccccc1. The largest absolute Gasteiger partial charge is 0.445 e. The summed E-state index contributed by atoms with van der Waals surface area (Å²) in [4.78, 5) is 58.3. The molecule has 5 rings (SSSR count). The lowest BCUT2D eigenvalue weighted by Gasteiger charge is -2.29. The van der Waals surface area contributed by atoms with Gasteiger partial charge < -0.3 is 35.7 Å². The molecule has 1 heterocycles. The summed E-state index contributed by atoms with van der Waals surface area (Å²) >= 11 is 0. The number of carbonyl (C=O) groups is 4. The van der Waals surface area contributed by atoms with Crippen molar-refractivity contribution in [3.05, 3.63) is 144 Å². The predicted molar refractivity (Wildman–Crippen MR) is 194 cm³/mol. The van der Waals surface area contributed by atoms with Crippen LogP contribution in [0, 0.1) is 0 Å². The number of H-pyrrole nitrogens is 1. The van der Waals surface area contributed by atoms with Gasteiger partial charge in [-0.05, 0) is 41.7 Å². The van der Waals surface area contributed by atoms with E-state index in [0.29, 0.717) is 0 Å². The predicted octanol–water partition coefficient (Wildman–Crippen LogP) is 4.26. The Labute approximate surface area is 297 Å². The molecule has 1 unspecified atom stereocenters. The third-order valence-corrected chi connectivity index (χ3v) is 8.57. The molecule has 1 aromatic heterocycles. The number of aliphatic hydroxyl groups excluding tert-OH is 1. The van der Waals surface area contributed by atoms with E-state index >= 15 is 0 Å². The van der Waals surface area contributed by atoms with E-state index in [4.69, 9.17) is 4.74 Å². The van der Waals surface area contributed by atoms with Gasteiger partial charge in [0.2, 0.25) is 11.8 Å². The van der Waals surface area contributed by atoms with Crippen LogP contribution >= 0.6 is 0 Å². The van der Waals surface area contributed by atoms with E-state index in [9.17, 15) is 24.3 Å². The van der Waals surface area contributed by atoms with E-state index in [1.165, 1.54) is 11.8 Å². The van der Waals surface area contributed by atoms with Crippen LogP contribution in [-0.4, -0.2) is 70.1 Å². The quantitative estimate of drug-likeness (QED) is 0.111. The molecule has 5 N–H and O–H groups in total. The first-order valence-electron chi connectivity index (χ1n) is 16.8. The van der Waals surface area contributed by atoms with Crippen LogP contribution in [0.15, 0.2) is 121 Å². The number of aromatic amines is 1. The van der Waals surface area contributed by atoms with Crippen LogP contribution in [0.25, 0.3) is 10.9 Å². The highest BCUT2D eigenvalue weighted by atomic mass is 16.5. The highest BCUT2D eigenvalue weighted by Crippen LogP contribution is 2.20. The average Bonchev–Trinajstić information content (AvgIpc) is 3.56. The Kier molecular flexibility index (Phi) is 12.6. The number of hydrogen-bond acceptors (Lipinski definition) is 6. The Morgan fingerprint density at radius 2 is 1.31 bits per heavy atom. The van der Waals surface area contributed by atoms with Crippen LogP contribution in [0.1, 0.15) is 29.2 Å². The summed E-state index contributed by atoms with van der Waals surface area (Å²) in [6.45, 7) is 1.78. The van der Waals surface area contributed by atoms with E-state index in [1.807, 2.05) is 115 Å². The zero-order chi connectivity index (χ0) is 36.2. The Bertz CT molecular complexity index is 1900. The summed E-state index contributed by atoms with van der Waals surface area (Å²) in [5.41, 5.74) is 4.10. The number of aliphatic hydroxyl groups is 1. The Hall–Kier alpha value is -5.94. The van der Waals surface area contributed by atoms with Gasteiger partial charge in [0, 0.05) is 37.1 Å². The van der Waals surface area contributed by atoms with Crippen molar-refractivity contribution in [3.63, 3.8) is 0 Å². The third-order valence-electron chi connectivity index (χ3n) is 8.57. The Balaban J connectivity index is 1.33. The number of aromatic nitrogens is 1. The second-order valence-electron chi connectivity index (χ2n) is 12.5. The minimum Gasteiger partial charge on any atom is -0.445 e. The molecule has 0 aliphatic heterocycles. The van der Waals surface area contributed by atoms with Gasteiger partial charge in [0.1, 0.15) is 18.7 Å². The van der Waals surface area contributed by atoms with Crippen molar-refractivity contribution >= 4 is 34.7 Å². The number of nitrogens with zero attached hydrogens (tertiary/aromatic N) is 1. The van der Waals surface area contributed by atoms with Gasteiger partial charge in [-0.3, -0.25) is 14.4 Å². The number of para-hydroxylation sites is 1. The second-order valence-corrected chi connectivity index (χ2v) is 12.5. The minimum absolute atomic E-state index is 0.0248. The van der Waals surface area contributed by atoms with E-state index in [0.717, 1.165) is 33.2 Å². The summed E-state index contributed by atoms with van der Waals surface area (Å²) < 4.78 is 5.27. The number of likely N-dealkylation sites (N-methyl/N-ethyl adjacent to an activating group) is 1. The highest BCUT2D eigenvalue weighted by Gasteiger charge is 2.33. The molecular formula is C40H43N5O6. The average molecular weight is 690 g/mol. The van der Waals surface area contributed by atoms with E-state index < -0.39 is 48.0 Å². The van der Waals surface area contributed by atoms with Crippen molar-refractivity contribution < 1.29 is 29.0 Å². The lowest BCUT2D eigenvalue weighted by Crippen LogP contribution is -2.58. The van der Waals surface area contributed by atoms with Crippen molar-refractivity contribution in [2.75, 3.05) is 7.05 Å². The van der Waals surface area contributed by atoms with Gasteiger partial charge in [-0.1, -0.05) is 109 Å².